The zero-order valence-corrected chi connectivity index (χ0v) is 28.4. The third kappa shape index (κ3) is 7.02. The summed E-state index contributed by atoms with van der Waals surface area (Å²) in [5.74, 6) is -0.124. The zero-order chi connectivity index (χ0) is 34.6. The maximum Gasteiger partial charge on any atom is 0.256 e. The fourth-order valence-electron chi connectivity index (χ4n) is 7.01. The molecule has 0 atom stereocenters. The van der Waals surface area contributed by atoms with Gasteiger partial charge in [0, 0.05) is 41.4 Å². The standard InChI is InChI=1S/C28H30N4O2.C14H11NO/c1-18-25(30-19(2)26(18)28(34)29-12-15-32-13-6-7-14-32)17-23-22-16-21(20-8-4-3-5-9-20)10-11-24(22)31-27(23)33;16-14-9-12-8-11(6-7-13(12)15-14)10-4-2-1-3-5-10/h3-5,8-11,16-17,30H,6-7,12-15H2,1-2H3,(H,29,34)(H,31,33);1-8H,9H2,(H,15,16). The number of benzene rings is 4. The number of anilines is 2. The second kappa shape index (κ2) is 14.4. The molecular weight excluding hydrogens is 622 g/mol. The highest BCUT2D eigenvalue weighted by Gasteiger charge is 2.26. The molecule has 3 amide bonds. The number of hydrogen-bond acceptors (Lipinski definition) is 4. The summed E-state index contributed by atoms with van der Waals surface area (Å²) in [6.45, 7) is 7.58. The molecule has 4 aromatic carbocycles. The van der Waals surface area contributed by atoms with E-state index in [4.69, 9.17) is 0 Å². The Labute approximate surface area is 292 Å². The number of aromatic amines is 1. The number of carbonyl (C=O) groups excluding carboxylic acids is 3. The van der Waals surface area contributed by atoms with Crippen LogP contribution in [0, 0.1) is 13.8 Å². The maximum atomic E-state index is 12.9. The lowest BCUT2D eigenvalue weighted by molar-refractivity contribution is -0.115. The molecule has 1 fully saturated rings. The number of H-pyrrole nitrogens is 1. The van der Waals surface area contributed by atoms with Crippen molar-refractivity contribution in [2.75, 3.05) is 36.8 Å². The van der Waals surface area contributed by atoms with E-state index in [1.807, 2.05) is 86.7 Å². The van der Waals surface area contributed by atoms with Crippen LogP contribution in [0.2, 0.25) is 0 Å². The molecule has 0 spiro atoms. The number of carbonyl (C=O) groups is 3. The Balaban J connectivity index is 0.000000203. The molecule has 8 rings (SSSR count). The van der Waals surface area contributed by atoms with Crippen molar-refractivity contribution in [3.63, 3.8) is 0 Å². The van der Waals surface area contributed by atoms with E-state index in [1.54, 1.807) is 0 Å². The molecule has 4 heterocycles. The lowest BCUT2D eigenvalue weighted by Gasteiger charge is -2.14. The molecule has 8 nitrogen and oxygen atoms in total. The van der Waals surface area contributed by atoms with Crippen molar-refractivity contribution in [2.24, 2.45) is 0 Å². The van der Waals surface area contributed by atoms with Gasteiger partial charge in [-0.1, -0.05) is 72.8 Å². The van der Waals surface area contributed by atoms with Crippen LogP contribution in [0.3, 0.4) is 0 Å². The van der Waals surface area contributed by atoms with Gasteiger partial charge in [-0.05, 0) is 104 Å². The van der Waals surface area contributed by atoms with Gasteiger partial charge in [0.15, 0.2) is 0 Å². The van der Waals surface area contributed by atoms with E-state index in [-0.39, 0.29) is 17.7 Å². The van der Waals surface area contributed by atoms with Crippen LogP contribution < -0.4 is 16.0 Å². The summed E-state index contributed by atoms with van der Waals surface area (Å²) in [4.78, 5) is 42.7. The molecule has 0 saturated carbocycles. The summed E-state index contributed by atoms with van der Waals surface area (Å²) in [7, 11) is 0. The van der Waals surface area contributed by atoms with Crippen LogP contribution in [0.5, 0.6) is 0 Å². The number of likely N-dealkylation sites (tertiary alicyclic amines) is 1. The molecule has 0 radical (unpaired) electrons. The van der Waals surface area contributed by atoms with Crippen LogP contribution in [0.1, 0.15) is 51.3 Å². The van der Waals surface area contributed by atoms with Crippen LogP contribution in [0.15, 0.2) is 97.1 Å². The van der Waals surface area contributed by atoms with Gasteiger partial charge in [0.1, 0.15) is 0 Å². The van der Waals surface area contributed by atoms with Crippen molar-refractivity contribution in [1.82, 2.24) is 15.2 Å². The van der Waals surface area contributed by atoms with Gasteiger partial charge in [-0.15, -0.1) is 0 Å². The number of amides is 3. The Morgan fingerprint density at radius 3 is 2.10 bits per heavy atom. The third-order valence-electron chi connectivity index (χ3n) is 9.65. The highest BCUT2D eigenvalue weighted by Crippen LogP contribution is 2.37. The van der Waals surface area contributed by atoms with Crippen LogP contribution in [-0.4, -0.2) is 53.8 Å². The summed E-state index contributed by atoms with van der Waals surface area (Å²) >= 11 is 0. The minimum Gasteiger partial charge on any atom is -0.358 e. The number of nitrogens with zero attached hydrogens (tertiary/aromatic N) is 1. The van der Waals surface area contributed by atoms with Crippen molar-refractivity contribution >= 4 is 40.7 Å². The van der Waals surface area contributed by atoms with Crippen molar-refractivity contribution in [1.29, 1.82) is 0 Å². The van der Waals surface area contributed by atoms with Crippen LogP contribution in [0.25, 0.3) is 33.9 Å². The molecule has 1 aromatic heterocycles. The van der Waals surface area contributed by atoms with Crippen LogP contribution in [0.4, 0.5) is 11.4 Å². The van der Waals surface area contributed by atoms with Gasteiger partial charge >= 0.3 is 0 Å². The summed E-state index contributed by atoms with van der Waals surface area (Å²) in [5, 5.41) is 8.86. The molecule has 0 bridgehead atoms. The van der Waals surface area contributed by atoms with Gasteiger partial charge in [0.25, 0.3) is 11.8 Å². The second-order valence-corrected chi connectivity index (χ2v) is 13.1. The van der Waals surface area contributed by atoms with Crippen molar-refractivity contribution in [2.45, 2.75) is 33.1 Å². The first kappa shape index (κ1) is 32.8. The van der Waals surface area contributed by atoms with E-state index >= 15 is 0 Å². The Bertz CT molecular complexity index is 2090. The fraction of sp³-hybridized carbons (Fsp3) is 0.214. The van der Waals surface area contributed by atoms with E-state index in [0.717, 1.165) is 75.8 Å². The van der Waals surface area contributed by atoms with Crippen molar-refractivity contribution in [3.05, 3.63) is 131 Å². The lowest BCUT2D eigenvalue weighted by atomic mass is 9.98. The number of rotatable bonds is 7. The molecule has 4 N–H and O–H groups in total. The minimum atomic E-state index is -0.136. The average molecular weight is 664 g/mol. The number of aromatic nitrogens is 1. The number of hydrogen-bond donors (Lipinski definition) is 4. The number of fused-ring (bicyclic) bond motifs is 2. The SMILES string of the molecule is Cc1[nH]c(C=C2C(=O)Nc3ccc(-c4ccccc4)cc32)c(C)c1C(=O)NCCN1CCCC1.O=C1Cc2cc(-c3ccccc3)ccc2N1. The monoisotopic (exact) mass is 663 g/mol. The van der Waals surface area contributed by atoms with Gasteiger partial charge in [0.05, 0.1) is 17.6 Å². The fourth-order valence-corrected chi connectivity index (χ4v) is 7.01. The molecule has 1 saturated heterocycles. The van der Waals surface area contributed by atoms with Gasteiger partial charge in [0.2, 0.25) is 5.91 Å². The molecule has 5 aromatic rings. The molecule has 50 heavy (non-hydrogen) atoms. The van der Waals surface area contributed by atoms with Crippen molar-refractivity contribution in [3.8, 4) is 22.3 Å². The summed E-state index contributed by atoms with van der Waals surface area (Å²) in [6.07, 6.45) is 4.84. The number of nitrogens with one attached hydrogen (secondary N) is 4. The predicted molar refractivity (Wildman–Crippen MR) is 201 cm³/mol. The smallest absolute Gasteiger partial charge is 0.256 e. The zero-order valence-electron chi connectivity index (χ0n) is 28.4. The number of aryl methyl sites for hydroxylation is 1. The molecular formula is C42H41N5O3. The first-order valence-corrected chi connectivity index (χ1v) is 17.2. The Morgan fingerprint density at radius 1 is 0.780 bits per heavy atom. The van der Waals surface area contributed by atoms with Crippen LogP contribution in [-0.2, 0) is 16.0 Å². The summed E-state index contributed by atoms with van der Waals surface area (Å²) in [6, 6.07) is 32.4. The Kier molecular flexibility index (Phi) is 9.45. The van der Waals surface area contributed by atoms with E-state index in [2.05, 4.69) is 56.2 Å². The predicted octanol–water partition coefficient (Wildman–Crippen LogP) is 7.47. The van der Waals surface area contributed by atoms with Crippen molar-refractivity contribution < 1.29 is 14.4 Å². The van der Waals surface area contributed by atoms with Gasteiger partial charge in [-0.2, -0.15) is 0 Å². The molecule has 8 heteroatoms. The molecule has 3 aliphatic heterocycles. The third-order valence-corrected chi connectivity index (χ3v) is 9.65. The van der Waals surface area contributed by atoms with E-state index in [0.29, 0.717) is 24.1 Å². The van der Waals surface area contributed by atoms with Gasteiger partial charge < -0.3 is 25.8 Å². The second-order valence-electron chi connectivity index (χ2n) is 13.1. The van der Waals surface area contributed by atoms with Gasteiger partial charge in [-0.3, -0.25) is 14.4 Å². The topological polar surface area (TPSA) is 106 Å². The lowest BCUT2D eigenvalue weighted by Crippen LogP contribution is -2.33. The average Bonchev–Trinajstić information content (AvgIpc) is 3.91. The van der Waals surface area contributed by atoms with Gasteiger partial charge in [-0.25, -0.2) is 0 Å². The largest absolute Gasteiger partial charge is 0.358 e. The first-order chi connectivity index (χ1) is 24.3. The van der Waals surface area contributed by atoms with E-state index in [1.165, 1.54) is 18.4 Å². The van der Waals surface area contributed by atoms with E-state index in [9.17, 15) is 14.4 Å². The summed E-state index contributed by atoms with van der Waals surface area (Å²) < 4.78 is 0. The highest BCUT2D eigenvalue weighted by molar-refractivity contribution is 6.35. The van der Waals surface area contributed by atoms with Crippen LogP contribution >= 0.6 is 0 Å². The quantitative estimate of drug-likeness (QED) is 0.136. The summed E-state index contributed by atoms with van der Waals surface area (Å²) in [5.41, 5.74) is 11.9. The Morgan fingerprint density at radius 2 is 1.42 bits per heavy atom. The minimum absolute atomic E-state index is 0.0715. The molecule has 3 aliphatic rings. The molecule has 252 valence electrons. The Hall–Kier alpha value is -5.73. The van der Waals surface area contributed by atoms with E-state index < -0.39 is 0 Å². The maximum absolute atomic E-state index is 12.9. The molecule has 0 aliphatic carbocycles. The highest BCUT2D eigenvalue weighted by atomic mass is 16.2. The molecule has 0 unspecified atom stereocenters. The first-order valence-electron chi connectivity index (χ1n) is 17.2. The normalized spacial score (nSPS) is 15.6.